The van der Waals surface area contributed by atoms with Crippen LogP contribution in [0.5, 0.6) is 0 Å². The lowest BCUT2D eigenvalue weighted by Crippen LogP contribution is -2.09. The fourth-order valence-corrected chi connectivity index (χ4v) is 2.01. The van der Waals surface area contributed by atoms with E-state index in [4.69, 9.17) is 11.6 Å². The summed E-state index contributed by atoms with van der Waals surface area (Å²) in [6.45, 7) is 1.39. The maximum absolute atomic E-state index is 13.7. The molecule has 0 aromatic heterocycles. The second-order valence-corrected chi connectivity index (χ2v) is 4.78. The van der Waals surface area contributed by atoms with Gasteiger partial charge in [0.2, 0.25) is 0 Å². The van der Waals surface area contributed by atoms with Crippen molar-refractivity contribution in [2.24, 2.45) is 0 Å². The SMILES string of the molecule is Cc1ccc(C(=O)Cc2cccc(Cl)c2F)c(F)c1F. The number of Topliss-reactive ketones (excluding diaryl/α,β-unsaturated/α-hetero) is 1. The lowest BCUT2D eigenvalue weighted by Gasteiger charge is -2.07. The summed E-state index contributed by atoms with van der Waals surface area (Å²) in [7, 11) is 0. The molecule has 0 saturated heterocycles. The molecule has 0 amide bonds. The van der Waals surface area contributed by atoms with Gasteiger partial charge in [-0.2, -0.15) is 0 Å². The zero-order valence-corrected chi connectivity index (χ0v) is 11.3. The second-order valence-electron chi connectivity index (χ2n) is 4.37. The van der Waals surface area contributed by atoms with Gasteiger partial charge in [-0.25, -0.2) is 13.2 Å². The van der Waals surface area contributed by atoms with Crippen LogP contribution in [0.1, 0.15) is 21.5 Å². The molecule has 0 bridgehead atoms. The summed E-state index contributed by atoms with van der Waals surface area (Å²) in [5.74, 6) is -3.71. The lowest BCUT2D eigenvalue weighted by molar-refractivity contribution is 0.0987. The van der Waals surface area contributed by atoms with Crippen LogP contribution in [0.3, 0.4) is 0 Å². The van der Waals surface area contributed by atoms with Crippen LogP contribution in [-0.2, 0) is 6.42 Å². The van der Waals surface area contributed by atoms with Gasteiger partial charge in [0.1, 0.15) is 5.82 Å². The van der Waals surface area contributed by atoms with Gasteiger partial charge in [-0.1, -0.05) is 29.8 Å². The van der Waals surface area contributed by atoms with Crippen LogP contribution in [0.4, 0.5) is 13.2 Å². The first-order valence-electron chi connectivity index (χ1n) is 5.82. The Hall–Kier alpha value is -1.81. The molecule has 104 valence electrons. The molecule has 0 fully saturated rings. The summed E-state index contributed by atoms with van der Waals surface area (Å²) in [6, 6.07) is 6.71. The van der Waals surface area contributed by atoms with E-state index in [2.05, 4.69) is 0 Å². The van der Waals surface area contributed by atoms with E-state index in [1.165, 1.54) is 37.3 Å². The third-order valence-electron chi connectivity index (χ3n) is 2.96. The number of halogens is 4. The molecular formula is C15H10ClF3O. The molecule has 0 aliphatic carbocycles. The highest BCUT2D eigenvalue weighted by Gasteiger charge is 2.19. The van der Waals surface area contributed by atoms with Crippen LogP contribution < -0.4 is 0 Å². The van der Waals surface area contributed by atoms with Crippen molar-refractivity contribution >= 4 is 17.4 Å². The van der Waals surface area contributed by atoms with Crippen molar-refractivity contribution < 1.29 is 18.0 Å². The highest BCUT2D eigenvalue weighted by molar-refractivity contribution is 6.30. The van der Waals surface area contributed by atoms with Crippen molar-refractivity contribution in [2.75, 3.05) is 0 Å². The van der Waals surface area contributed by atoms with Crippen LogP contribution in [0.25, 0.3) is 0 Å². The van der Waals surface area contributed by atoms with E-state index in [-0.39, 0.29) is 22.6 Å². The minimum absolute atomic E-state index is 0.0443. The summed E-state index contributed by atoms with van der Waals surface area (Å²) in [4.78, 5) is 11.9. The summed E-state index contributed by atoms with van der Waals surface area (Å²) in [5.41, 5.74) is -0.247. The van der Waals surface area contributed by atoms with Crippen LogP contribution in [0.15, 0.2) is 30.3 Å². The molecule has 0 aliphatic heterocycles. The number of hydrogen-bond acceptors (Lipinski definition) is 1. The number of aryl methyl sites for hydroxylation is 1. The van der Waals surface area contributed by atoms with Gasteiger partial charge in [-0.05, 0) is 30.2 Å². The first-order valence-corrected chi connectivity index (χ1v) is 6.20. The molecule has 0 spiro atoms. The van der Waals surface area contributed by atoms with Gasteiger partial charge in [0.15, 0.2) is 17.4 Å². The molecule has 20 heavy (non-hydrogen) atoms. The van der Waals surface area contributed by atoms with Gasteiger partial charge in [0.05, 0.1) is 10.6 Å². The predicted molar refractivity (Wildman–Crippen MR) is 70.5 cm³/mol. The molecule has 0 saturated carbocycles. The Kier molecular flexibility index (Phi) is 4.14. The van der Waals surface area contributed by atoms with Gasteiger partial charge < -0.3 is 0 Å². The van der Waals surface area contributed by atoms with Crippen LogP contribution in [-0.4, -0.2) is 5.78 Å². The molecule has 0 atom stereocenters. The molecule has 0 unspecified atom stereocenters. The Morgan fingerprint density at radius 1 is 1.05 bits per heavy atom. The smallest absolute Gasteiger partial charge is 0.170 e. The molecular weight excluding hydrogens is 289 g/mol. The van der Waals surface area contributed by atoms with E-state index in [0.29, 0.717) is 0 Å². The van der Waals surface area contributed by atoms with Crippen molar-refractivity contribution in [2.45, 2.75) is 13.3 Å². The van der Waals surface area contributed by atoms with Crippen molar-refractivity contribution in [3.05, 3.63) is 69.5 Å². The molecule has 0 radical (unpaired) electrons. The van der Waals surface area contributed by atoms with Crippen molar-refractivity contribution in [1.82, 2.24) is 0 Å². The minimum Gasteiger partial charge on any atom is -0.294 e. The quantitative estimate of drug-likeness (QED) is 0.763. The van der Waals surface area contributed by atoms with Crippen molar-refractivity contribution in [1.29, 1.82) is 0 Å². The van der Waals surface area contributed by atoms with E-state index in [1.807, 2.05) is 0 Å². The molecule has 0 heterocycles. The van der Waals surface area contributed by atoms with E-state index in [9.17, 15) is 18.0 Å². The fourth-order valence-electron chi connectivity index (χ4n) is 1.81. The van der Waals surface area contributed by atoms with Gasteiger partial charge >= 0.3 is 0 Å². The van der Waals surface area contributed by atoms with Gasteiger partial charge in [-0.15, -0.1) is 0 Å². The Balaban J connectivity index is 2.34. The number of rotatable bonds is 3. The Morgan fingerprint density at radius 3 is 2.45 bits per heavy atom. The average Bonchev–Trinajstić information content (AvgIpc) is 2.41. The second kappa shape index (κ2) is 5.67. The highest BCUT2D eigenvalue weighted by atomic mass is 35.5. The van der Waals surface area contributed by atoms with Crippen molar-refractivity contribution in [3.63, 3.8) is 0 Å². The molecule has 1 nitrogen and oxygen atoms in total. The summed E-state index contributed by atoms with van der Waals surface area (Å²) in [5, 5.41) is -0.120. The number of benzene rings is 2. The Labute approximate surface area is 119 Å². The molecule has 2 aromatic rings. The standard InChI is InChI=1S/C15H10ClF3O/c1-8-5-6-10(15(19)13(8)17)12(20)7-9-3-2-4-11(16)14(9)18/h2-6H,7H2,1H3. The maximum atomic E-state index is 13.7. The predicted octanol–water partition coefficient (Wildman–Crippen LogP) is 4.49. The number of carbonyl (C=O) groups excluding carboxylic acids is 1. The number of ketones is 1. The van der Waals surface area contributed by atoms with Crippen LogP contribution in [0, 0.1) is 24.4 Å². The van der Waals surface area contributed by atoms with Crippen molar-refractivity contribution in [3.8, 4) is 0 Å². The molecule has 5 heteroatoms. The number of carbonyl (C=O) groups is 1. The first kappa shape index (κ1) is 14.6. The normalized spacial score (nSPS) is 10.7. The van der Waals surface area contributed by atoms with E-state index < -0.39 is 28.8 Å². The third-order valence-corrected chi connectivity index (χ3v) is 3.25. The lowest BCUT2D eigenvalue weighted by atomic mass is 10.0. The number of hydrogen-bond donors (Lipinski definition) is 0. The van der Waals surface area contributed by atoms with Gasteiger partial charge in [-0.3, -0.25) is 4.79 Å². The third kappa shape index (κ3) is 2.70. The van der Waals surface area contributed by atoms with E-state index in [0.717, 1.165) is 0 Å². The van der Waals surface area contributed by atoms with Crippen LogP contribution >= 0.6 is 11.6 Å². The molecule has 2 rings (SSSR count). The van der Waals surface area contributed by atoms with E-state index in [1.54, 1.807) is 0 Å². The van der Waals surface area contributed by atoms with E-state index >= 15 is 0 Å². The first-order chi connectivity index (χ1) is 9.41. The van der Waals surface area contributed by atoms with Crippen LogP contribution in [0.2, 0.25) is 5.02 Å². The zero-order chi connectivity index (χ0) is 14.9. The monoisotopic (exact) mass is 298 g/mol. The topological polar surface area (TPSA) is 17.1 Å². The fraction of sp³-hybridized carbons (Fsp3) is 0.133. The summed E-state index contributed by atoms with van der Waals surface area (Å²) in [6.07, 6.45) is -0.383. The summed E-state index contributed by atoms with van der Waals surface area (Å²) < 4.78 is 40.8. The molecule has 2 aromatic carbocycles. The molecule has 0 N–H and O–H groups in total. The maximum Gasteiger partial charge on any atom is 0.170 e. The highest BCUT2D eigenvalue weighted by Crippen LogP contribution is 2.21. The molecule has 0 aliphatic rings. The average molecular weight is 299 g/mol. The van der Waals surface area contributed by atoms with Gasteiger partial charge in [0, 0.05) is 6.42 Å². The Morgan fingerprint density at radius 2 is 1.75 bits per heavy atom. The Bertz CT molecular complexity index is 683. The zero-order valence-electron chi connectivity index (χ0n) is 10.5. The summed E-state index contributed by atoms with van der Waals surface area (Å²) >= 11 is 5.60. The minimum atomic E-state index is -1.21. The van der Waals surface area contributed by atoms with Gasteiger partial charge in [0.25, 0.3) is 0 Å². The largest absolute Gasteiger partial charge is 0.294 e.